The number of carboxylic acid groups (broad SMARTS) is 1. The van der Waals surface area contributed by atoms with E-state index in [1.54, 1.807) is 81.6 Å². The number of rotatable bonds is 8. The van der Waals surface area contributed by atoms with Crippen LogP contribution in [0.3, 0.4) is 0 Å². The highest BCUT2D eigenvalue weighted by Crippen LogP contribution is 2.22. The first-order valence-corrected chi connectivity index (χ1v) is 33.7. The molecule has 7 heterocycles. The highest BCUT2D eigenvalue weighted by Gasteiger charge is 2.18. The fourth-order valence-electron chi connectivity index (χ4n) is 5.11. The van der Waals surface area contributed by atoms with Crippen molar-refractivity contribution in [1.29, 1.82) is 5.26 Å². The van der Waals surface area contributed by atoms with E-state index in [2.05, 4.69) is 58.9 Å². The smallest absolute Gasteiger partial charge is 0.350 e. The number of anilines is 3. The first-order chi connectivity index (χ1) is 40.5. The molecule has 0 saturated heterocycles. The van der Waals surface area contributed by atoms with E-state index in [1.807, 2.05) is 104 Å². The number of esters is 2. The van der Waals surface area contributed by atoms with Crippen molar-refractivity contribution in [3.63, 3.8) is 0 Å². The Bertz CT molecular complexity index is 2800. The number of carbonyl (C=O) groups excluding carboxylic acids is 4. The molecule has 0 radical (unpaired) electrons. The van der Waals surface area contributed by atoms with E-state index in [0.717, 1.165) is 74.9 Å². The fourth-order valence-corrected chi connectivity index (χ4v) is 10.4. The van der Waals surface area contributed by atoms with Gasteiger partial charge in [-0.15, -0.1) is 79.4 Å². The number of ketones is 1. The normalized spacial score (nSPS) is 9.83. The van der Waals surface area contributed by atoms with Gasteiger partial charge in [-0.25, -0.2) is 50.3 Å². The van der Waals surface area contributed by atoms with Gasteiger partial charge in [-0.1, -0.05) is 32.7 Å². The van der Waals surface area contributed by atoms with Crippen LogP contribution in [0.1, 0.15) is 166 Å². The van der Waals surface area contributed by atoms with Crippen molar-refractivity contribution in [1.82, 2.24) is 34.9 Å². The zero-order chi connectivity index (χ0) is 68.9. The summed E-state index contributed by atoms with van der Waals surface area (Å²) in [5.74, 6) is 3.85. The maximum atomic E-state index is 11.2. The van der Waals surface area contributed by atoms with Gasteiger partial charge in [0.25, 0.3) is 0 Å². The van der Waals surface area contributed by atoms with Crippen LogP contribution in [0.25, 0.3) is 0 Å². The predicted octanol–water partition coefficient (Wildman–Crippen LogP) is 13.7. The number of Topliss-reactive ketones (excluding diaryl/α,β-unsaturated/α-hetero) is 1. The monoisotopic (exact) mass is 1360 g/mol. The average Bonchev–Trinajstić information content (AvgIpc) is 4.22. The second kappa shape index (κ2) is 52.2. The number of ether oxygens (including phenoxy) is 2. The molecule has 0 saturated carbocycles. The van der Waals surface area contributed by atoms with E-state index in [-0.39, 0.29) is 17.8 Å². The lowest BCUT2D eigenvalue weighted by molar-refractivity contribution is -0.150. The summed E-state index contributed by atoms with van der Waals surface area (Å²) in [6.45, 7) is 47.4. The van der Waals surface area contributed by atoms with Crippen LogP contribution in [0.4, 0.5) is 15.0 Å². The highest BCUT2D eigenvalue weighted by atomic mass is 32.2. The van der Waals surface area contributed by atoms with Crippen molar-refractivity contribution in [3.8, 4) is 6.07 Å². The molecule has 2 unspecified atom stereocenters. The number of nitriles is 1. The molecule has 0 aliphatic carbocycles. The molecule has 0 aliphatic rings. The minimum absolute atomic E-state index is 0.154. The molecule has 12 N–H and O–H groups in total. The molecule has 7 rings (SSSR count). The molecule has 87 heavy (non-hydrogen) atoms. The van der Waals surface area contributed by atoms with Gasteiger partial charge >= 0.3 is 17.9 Å². The third-order valence-electron chi connectivity index (χ3n) is 9.27. The Morgan fingerprint density at radius 3 is 1.03 bits per heavy atom. The van der Waals surface area contributed by atoms with Crippen LogP contribution in [0.15, 0.2) is 0 Å². The topological polar surface area (TPSA) is 380 Å². The Labute approximate surface area is 549 Å². The van der Waals surface area contributed by atoms with Crippen molar-refractivity contribution in [2.75, 3.05) is 35.9 Å². The number of nitrogens with two attached hydrogens (primary N) is 5. The van der Waals surface area contributed by atoms with Gasteiger partial charge in [0.1, 0.15) is 42.7 Å². The maximum absolute atomic E-state index is 11.2. The Hall–Kier alpha value is -5.72. The fraction of sp³-hybridized carbons (Fsp3) is 0.526. The molecule has 0 aromatic carbocycles. The molecule has 22 nitrogen and oxygen atoms in total. The third-order valence-corrected chi connectivity index (χ3v) is 16.5. The first-order valence-electron chi connectivity index (χ1n) is 26.9. The number of aromatic carboxylic acids is 1. The average molecular weight is 1360 g/mol. The minimum Gasteiger partial charge on any atom is -0.477 e. The molecule has 7 aromatic rings. The highest BCUT2D eigenvalue weighted by molar-refractivity contribution is 7.97. The van der Waals surface area contributed by atoms with Crippen molar-refractivity contribution in [2.24, 2.45) is 22.6 Å². The Balaban J connectivity index is -0.000000286. The Morgan fingerprint density at radius 2 is 0.885 bits per heavy atom. The van der Waals surface area contributed by atoms with Crippen molar-refractivity contribution >= 4 is 136 Å². The van der Waals surface area contributed by atoms with Crippen LogP contribution in [0.2, 0.25) is 0 Å². The number of carbonyl (C=O) groups is 5. The number of carboxylic acids is 1. The lowest BCUT2D eigenvalue weighted by Gasteiger charge is -2.04. The maximum Gasteiger partial charge on any atom is 0.350 e. The van der Waals surface area contributed by atoms with Gasteiger partial charge in [-0.2, -0.15) is 5.26 Å². The van der Waals surface area contributed by atoms with Gasteiger partial charge < -0.3 is 42.0 Å². The summed E-state index contributed by atoms with van der Waals surface area (Å²) in [6.07, 6.45) is 0.750. The molecule has 2 atom stereocenters. The van der Waals surface area contributed by atoms with E-state index in [0.29, 0.717) is 28.7 Å². The van der Waals surface area contributed by atoms with Crippen molar-refractivity contribution in [3.05, 3.63) is 94.4 Å². The molecule has 30 heteroatoms. The van der Waals surface area contributed by atoms with Gasteiger partial charge in [0.05, 0.1) is 100 Å². The number of nitrogens with one attached hydrogen (secondary N) is 1. The largest absolute Gasteiger partial charge is 0.477 e. The number of aryl methyl sites for hydroxylation is 16. The lowest BCUT2D eigenvalue weighted by Crippen LogP contribution is -2.20. The number of nitrogens with zero attached hydrogens (tertiary/aromatic N) is 8. The molecule has 490 valence electrons. The third kappa shape index (κ3) is 44.4. The van der Waals surface area contributed by atoms with Crippen LogP contribution >= 0.6 is 91.3 Å². The molecule has 0 bridgehead atoms. The van der Waals surface area contributed by atoms with E-state index in [4.69, 9.17) is 48.1 Å². The number of hydrogen-bond acceptors (Lipinski definition) is 29. The van der Waals surface area contributed by atoms with E-state index in [1.165, 1.54) is 102 Å². The summed E-state index contributed by atoms with van der Waals surface area (Å²) < 4.78 is 9.46. The quantitative estimate of drug-likeness (QED) is 0.0185. The SMILES string of the molecule is CC.CC(N)C#N.CC=O.CCOC(=O)C(C)C(C)=O.CCOC(=O)c1sc(C)nc1C.CCSN.Cc1nc(C)c(C(=O)O)s1.Cc1nc(C)c(C)s1.Cc1nc(C)c(C)s1.Cc1nc(C)c(N)s1.Cc1nc(C)c(N)s1.Cc1nc(C)c(NN)s1. The number of aromatic nitrogens is 7. The standard InChI is InChI=1S/C8H11NO2S.C7H12O3.C6H7NO2S.2C6H9NS.C5H9N3S.2C5H8N2S.C3H6N2.C2H7NS.C2H4O.C2H6/c1-4-11-8(10)7-5(2)9-6(3)12-7;1-4-10-7(9)5(2)6(3)8;1-3-5(6(8)9)10-4(2)7-3;2*1-4-5(2)8-6(3)7-4;1-3-5(8-6)9-4(2)7-3;2*1-3-5(6)8-4(2)7-3;1-3(5)2-4;1-2-4-3;1-2-3;1-2/h4H2,1-3H3;5H,4H2,1-3H3;1-2H3,(H,8,9);2*1-3H3;8H,6H2,1-2H3;2*6H2,1-2H3;3H,5H2,1H3;2-3H2,1H3;2H,1H3;1-2H3. The summed E-state index contributed by atoms with van der Waals surface area (Å²) in [5, 5.41) is 31.0. The Morgan fingerprint density at radius 1 is 0.586 bits per heavy atom. The van der Waals surface area contributed by atoms with Gasteiger partial charge in [0, 0.05) is 15.5 Å². The number of hydrazine groups is 1. The zero-order valence-electron chi connectivity index (χ0n) is 55.4. The second-order valence-electron chi connectivity index (χ2n) is 16.9. The molecule has 0 spiro atoms. The van der Waals surface area contributed by atoms with Crippen molar-refractivity contribution < 1.29 is 38.6 Å². The summed E-state index contributed by atoms with van der Waals surface area (Å²) in [5.41, 5.74) is 25.1. The number of nitrogen functional groups attached to an aromatic ring is 3. The summed E-state index contributed by atoms with van der Waals surface area (Å²) in [4.78, 5) is 84.3. The summed E-state index contributed by atoms with van der Waals surface area (Å²) >= 11 is 12.1. The number of thiazole rings is 7. The zero-order valence-corrected chi connectivity index (χ0v) is 61.9. The summed E-state index contributed by atoms with van der Waals surface area (Å²) in [7, 11) is 0. The van der Waals surface area contributed by atoms with Gasteiger partial charge in [-0.05, 0) is 152 Å². The molecule has 0 fully saturated rings. The van der Waals surface area contributed by atoms with Crippen LogP contribution in [-0.2, 0) is 23.9 Å². The minimum atomic E-state index is -0.886. The molecular weight excluding hydrogens is 1270 g/mol. The van der Waals surface area contributed by atoms with E-state index < -0.39 is 17.9 Å². The van der Waals surface area contributed by atoms with Crippen LogP contribution in [-0.4, -0.2) is 95.0 Å². The predicted molar refractivity (Wildman–Crippen MR) is 371 cm³/mol. The van der Waals surface area contributed by atoms with Gasteiger partial charge in [0.15, 0.2) is 0 Å². The molecule has 0 aliphatic heterocycles. The molecule has 7 aromatic heterocycles. The Kier molecular flexibility index (Phi) is 54.1. The number of hydrogen-bond donors (Lipinski definition) is 7. The van der Waals surface area contributed by atoms with Gasteiger partial charge in [-0.3, -0.25) is 14.7 Å². The molecular formula is C57H96N14O8S8. The number of aldehydes is 1. The summed E-state index contributed by atoms with van der Waals surface area (Å²) in [6, 6.07) is 1.50. The first kappa shape index (κ1) is 90.0. The van der Waals surface area contributed by atoms with E-state index >= 15 is 0 Å². The van der Waals surface area contributed by atoms with Gasteiger partial charge in [0.2, 0.25) is 0 Å². The van der Waals surface area contributed by atoms with Crippen LogP contribution in [0.5, 0.6) is 0 Å². The molecule has 0 amide bonds. The lowest BCUT2D eigenvalue weighted by atomic mass is 10.1. The second-order valence-corrected chi connectivity index (χ2v) is 26.7. The van der Waals surface area contributed by atoms with Crippen LogP contribution < -0.4 is 33.6 Å². The van der Waals surface area contributed by atoms with E-state index in [9.17, 15) is 19.2 Å². The van der Waals surface area contributed by atoms with Crippen molar-refractivity contribution in [2.45, 2.75) is 179 Å². The van der Waals surface area contributed by atoms with Crippen LogP contribution in [0, 0.1) is 128 Å².